The van der Waals surface area contributed by atoms with Crippen LogP contribution in [0.2, 0.25) is 0 Å². The molecular formula is C18H25NO. The lowest BCUT2D eigenvalue weighted by atomic mass is 9.98. The van der Waals surface area contributed by atoms with E-state index < -0.39 is 0 Å². The van der Waals surface area contributed by atoms with E-state index in [0.29, 0.717) is 0 Å². The number of ether oxygens (including phenoxy) is 1. The lowest BCUT2D eigenvalue weighted by Gasteiger charge is -2.16. The third-order valence-electron chi connectivity index (χ3n) is 5.18. The Kier molecular flexibility index (Phi) is 3.43. The molecule has 2 saturated carbocycles. The van der Waals surface area contributed by atoms with Crippen LogP contribution in [0.4, 0.5) is 0 Å². The van der Waals surface area contributed by atoms with Crippen molar-refractivity contribution in [3.05, 3.63) is 29.3 Å². The molecule has 2 heteroatoms. The Balaban J connectivity index is 1.24. The molecule has 0 radical (unpaired) electrons. The summed E-state index contributed by atoms with van der Waals surface area (Å²) in [5, 5.41) is 3.71. The predicted octanol–water partition coefficient (Wildman–Crippen LogP) is 3.19. The molecule has 0 unspecified atom stereocenters. The van der Waals surface area contributed by atoms with Gasteiger partial charge in [0.15, 0.2) is 0 Å². The highest BCUT2D eigenvalue weighted by molar-refractivity contribution is 5.39. The summed E-state index contributed by atoms with van der Waals surface area (Å²) < 4.78 is 5.56. The molecule has 0 spiro atoms. The zero-order valence-electron chi connectivity index (χ0n) is 12.2. The first kappa shape index (κ1) is 12.7. The van der Waals surface area contributed by atoms with Gasteiger partial charge in [0.1, 0.15) is 5.75 Å². The molecule has 2 fully saturated rings. The average molecular weight is 271 g/mol. The van der Waals surface area contributed by atoms with E-state index in [-0.39, 0.29) is 0 Å². The van der Waals surface area contributed by atoms with Crippen molar-refractivity contribution in [3.63, 3.8) is 0 Å². The minimum atomic E-state index is 0.863. The van der Waals surface area contributed by atoms with Crippen molar-refractivity contribution in [2.75, 3.05) is 19.7 Å². The standard InChI is InChI=1S/C18H25NO/c1-6-18-16(8-10-20-18)11-13(1)7-9-19-12-17(14-2-3-14)15-4-5-15/h1,6,11,14-15,17,19H,2-5,7-10,12H2. The zero-order valence-corrected chi connectivity index (χ0v) is 12.2. The van der Waals surface area contributed by atoms with Crippen LogP contribution in [0, 0.1) is 17.8 Å². The van der Waals surface area contributed by atoms with Crippen molar-refractivity contribution in [3.8, 4) is 5.75 Å². The van der Waals surface area contributed by atoms with Gasteiger partial charge in [0.2, 0.25) is 0 Å². The van der Waals surface area contributed by atoms with Crippen LogP contribution in [0.1, 0.15) is 36.8 Å². The quantitative estimate of drug-likeness (QED) is 0.769. The minimum absolute atomic E-state index is 0.863. The summed E-state index contributed by atoms with van der Waals surface area (Å²) in [6.07, 6.45) is 8.21. The number of rotatable bonds is 7. The Bertz CT molecular complexity index is 464. The number of hydrogen-bond acceptors (Lipinski definition) is 2. The predicted molar refractivity (Wildman–Crippen MR) is 81.2 cm³/mol. The molecule has 20 heavy (non-hydrogen) atoms. The summed E-state index contributed by atoms with van der Waals surface area (Å²) in [7, 11) is 0. The molecule has 0 amide bonds. The maximum atomic E-state index is 5.56. The lowest BCUT2D eigenvalue weighted by Crippen LogP contribution is -2.27. The Morgan fingerprint density at radius 2 is 1.95 bits per heavy atom. The van der Waals surface area contributed by atoms with Crippen molar-refractivity contribution in [1.29, 1.82) is 0 Å². The van der Waals surface area contributed by atoms with Gasteiger partial charge in [-0.15, -0.1) is 0 Å². The van der Waals surface area contributed by atoms with Gasteiger partial charge in [0, 0.05) is 6.42 Å². The molecule has 2 nitrogen and oxygen atoms in total. The molecule has 1 aromatic carbocycles. The minimum Gasteiger partial charge on any atom is -0.493 e. The van der Waals surface area contributed by atoms with Crippen LogP contribution in [-0.4, -0.2) is 19.7 Å². The fourth-order valence-corrected chi connectivity index (χ4v) is 3.66. The summed E-state index contributed by atoms with van der Waals surface area (Å²) in [6.45, 7) is 3.24. The van der Waals surface area contributed by atoms with Gasteiger partial charge < -0.3 is 10.1 Å². The summed E-state index contributed by atoms with van der Waals surface area (Å²) in [6, 6.07) is 6.71. The first-order valence-corrected chi connectivity index (χ1v) is 8.35. The molecule has 0 atom stereocenters. The average Bonchev–Trinajstić information content (AvgIpc) is 3.38. The number of hydrogen-bond donors (Lipinski definition) is 1. The summed E-state index contributed by atoms with van der Waals surface area (Å²) in [5.74, 6) is 4.21. The SMILES string of the molecule is c1cc2c(cc1CCNCC(C1CC1)C1CC1)CCO2. The lowest BCUT2D eigenvalue weighted by molar-refractivity contribution is 0.357. The first-order chi connectivity index (χ1) is 9.90. The normalized spacial score (nSPS) is 21.1. The van der Waals surface area contributed by atoms with Gasteiger partial charge in [-0.3, -0.25) is 0 Å². The molecule has 1 heterocycles. The van der Waals surface area contributed by atoms with Crippen LogP contribution in [0.5, 0.6) is 5.75 Å². The third kappa shape index (κ3) is 2.85. The van der Waals surface area contributed by atoms with E-state index in [0.717, 1.165) is 49.5 Å². The van der Waals surface area contributed by atoms with Crippen LogP contribution >= 0.6 is 0 Å². The van der Waals surface area contributed by atoms with Crippen molar-refractivity contribution in [2.45, 2.75) is 38.5 Å². The number of fused-ring (bicyclic) bond motifs is 1. The van der Waals surface area contributed by atoms with E-state index in [2.05, 4.69) is 23.5 Å². The van der Waals surface area contributed by atoms with Crippen molar-refractivity contribution < 1.29 is 4.74 Å². The fraction of sp³-hybridized carbons (Fsp3) is 0.667. The van der Waals surface area contributed by atoms with E-state index in [4.69, 9.17) is 4.74 Å². The third-order valence-corrected chi connectivity index (χ3v) is 5.18. The monoisotopic (exact) mass is 271 g/mol. The zero-order chi connectivity index (χ0) is 13.4. The smallest absolute Gasteiger partial charge is 0.122 e. The van der Waals surface area contributed by atoms with Crippen molar-refractivity contribution in [1.82, 2.24) is 5.32 Å². The Labute approximate surface area is 121 Å². The first-order valence-electron chi connectivity index (χ1n) is 8.35. The van der Waals surface area contributed by atoms with E-state index >= 15 is 0 Å². The van der Waals surface area contributed by atoms with Crippen LogP contribution in [0.3, 0.4) is 0 Å². The molecule has 3 aliphatic rings. The molecule has 1 aliphatic heterocycles. The molecule has 0 saturated heterocycles. The van der Waals surface area contributed by atoms with Crippen molar-refractivity contribution in [2.24, 2.45) is 17.8 Å². The second-order valence-electron chi connectivity index (χ2n) is 6.83. The topological polar surface area (TPSA) is 21.3 Å². The molecular weight excluding hydrogens is 246 g/mol. The largest absolute Gasteiger partial charge is 0.493 e. The van der Waals surface area contributed by atoms with Gasteiger partial charge in [0.25, 0.3) is 0 Å². The summed E-state index contributed by atoms with van der Waals surface area (Å²) in [5.41, 5.74) is 2.85. The molecule has 4 rings (SSSR count). The van der Waals surface area contributed by atoms with Gasteiger partial charge in [-0.25, -0.2) is 0 Å². The fourth-order valence-electron chi connectivity index (χ4n) is 3.66. The second kappa shape index (κ2) is 5.40. The van der Waals surface area contributed by atoms with Crippen LogP contribution < -0.4 is 10.1 Å². The molecule has 2 aliphatic carbocycles. The van der Waals surface area contributed by atoms with Gasteiger partial charge in [-0.2, -0.15) is 0 Å². The summed E-state index contributed by atoms with van der Waals surface area (Å²) in [4.78, 5) is 0. The van der Waals surface area contributed by atoms with E-state index in [1.54, 1.807) is 0 Å². The van der Waals surface area contributed by atoms with Crippen molar-refractivity contribution >= 4 is 0 Å². The highest BCUT2D eigenvalue weighted by atomic mass is 16.5. The molecule has 0 aromatic heterocycles. The highest BCUT2D eigenvalue weighted by Gasteiger charge is 2.40. The van der Waals surface area contributed by atoms with Crippen LogP contribution in [0.15, 0.2) is 18.2 Å². The Hall–Kier alpha value is -1.02. The second-order valence-corrected chi connectivity index (χ2v) is 6.83. The molecule has 108 valence electrons. The number of nitrogens with one attached hydrogen (secondary N) is 1. The van der Waals surface area contributed by atoms with E-state index in [9.17, 15) is 0 Å². The molecule has 1 N–H and O–H groups in total. The van der Waals surface area contributed by atoms with Gasteiger partial charge in [0.05, 0.1) is 6.61 Å². The van der Waals surface area contributed by atoms with Crippen LogP contribution in [0.25, 0.3) is 0 Å². The maximum absolute atomic E-state index is 5.56. The molecule has 1 aromatic rings. The van der Waals surface area contributed by atoms with Crippen LogP contribution in [-0.2, 0) is 12.8 Å². The molecule has 0 bridgehead atoms. The van der Waals surface area contributed by atoms with E-state index in [1.165, 1.54) is 43.4 Å². The maximum Gasteiger partial charge on any atom is 0.122 e. The highest BCUT2D eigenvalue weighted by Crippen LogP contribution is 2.48. The van der Waals surface area contributed by atoms with Gasteiger partial charge >= 0.3 is 0 Å². The van der Waals surface area contributed by atoms with E-state index in [1.807, 2.05) is 0 Å². The Morgan fingerprint density at radius 1 is 1.15 bits per heavy atom. The number of benzene rings is 1. The summed E-state index contributed by atoms with van der Waals surface area (Å²) >= 11 is 0. The Morgan fingerprint density at radius 3 is 2.70 bits per heavy atom. The van der Waals surface area contributed by atoms with Gasteiger partial charge in [-0.05, 0) is 80.1 Å². The van der Waals surface area contributed by atoms with Gasteiger partial charge in [-0.1, -0.05) is 12.1 Å².